The second-order valence-electron chi connectivity index (χ2n) is 5.50. The van der Waals surface area contributed by atoms with E-state index in [0.29, 0.717) is 11.0 Å². The number of benzene rings is 1. The minimum atomic E-state index is -0.892. The molecule has 3 rings (SSSR count). The first-order valence-corrected chi connectivity index (χ1v) is 8.30. The van der Waals surface area contributed by atoms with Crippen LogP contribution in [0.5, 0.6) is 0 Å². The van der Waals surface area contributed by atoms with Crippen molar-refractivity contribution in [3.8, 4) is 22.5 Å². The molecule has 0 fully saturated rings. The molecule has 0 bridgehead atoms. The predicted octanol–water partition coefficient (Wildman–Crippen LogP) is 2.67. The predicted molar refractivity (Wildman–Crippen MR) is 91.9 cm³/mol. The van der Waals surface area contributed by atoms with Crippen molar-refractivity contribution in [1.82, 2.24) is 25.0 Å². The fourth-order valence-electron chi connectivity index (χ4n) is 2.42. The molecule has 0 amide bonds. The van der Waals surface area contributed by atoms with E-state index in [1.165, 1.54) is 0 Å². The maximum Gasteiger partial charge on any atom is 0.313 e. The fraction of sp³-hybridized carbons (Fsp3) is 0.250. The summed E-state index contributed by atoms with van der Waals surface area (Å²) < 4.78 is 1.84. The molecular formula is C16H17N5O2S. The number of hydrogen-bond acceptors (Lipinski definition) is 5. The van der Waals surface area contributed by atoms with Gasteiger partial charge in [-0.3, -0.25) is 14.6 Å². The van der Waals surface area contributed by atoms with Crippen LogP contribution in [0.15, 0.2) is 29.6 Å². The topological polar surface area (TPSA) is 96.7 Å². The molecule has 24 heavy (non-hydrogen) atoms. The van der Waals surface area contributed by atoms with E-state index in [4.69, 9.17) is 5.11 Å². The van der Waals surface area contributed by atoms with Gasteiger partial charge in [-0.05, 0) is 37.1 Å². The number of aromatic amines is 1. The second-order valence-corrected chi connectivity index (χ2v) is 6.45. The highest BCUT2D eigenvalue weighted by Crippen LogP contribution is 2.29. The minimum Gasteiger partial charge on any atom is -0.481 e. The number of rotatable bonds is 5. The van der Waals surface area contributed by atoms with Gasteiger partial charge in [-0.1, -0.05) is 17.8 Å². The molecule has 0 unspecified atom stereocenters. The van der Waals surface area contributed by atoms with Crippen molar-refractivity contribution in [2.75, 3.05) is 5.75 Å². The molecular weight excluding hydrogens is 326 g/mol. The zero-order valence-corrected chi connectivity index (χ0v) is 14.4. The Morgan fingerprint density at radius 2 is 2.04 bits per heavy atom. The number of aryl methyl sites for hydroxylation is 2. The number of carboxylic acids is 1. The van der Waals surface area contributed by atoms with Gasteiger partial charge in [0, 0.05) is 23.9 Å². The third-order valence-electron chi connectivity index (χ3n) is 3.69. The average Bonchev–Trinajstić information content (AvgIpc) is 3.13. The number of H-pyrrole nitrogens is 1. The van der Waals surface area contributed by atoms with Gasteiger partial charge >= 0.3 is 5.97 Å². The SMILES string of the molecule is Cc1cc(-c2nc(SCC(=O)O)n[nH]2)cc(-c2cnn(C)c2C)c1. The first kappa shape index (κ1) is 16.3. The minimum absolute atomic E-state index is 0.0642. The molecule has 0 atom stereocenters. The lowest BCUT2D eigenvalue weighted by atomic mass is 10.0. The molecule has 2 aromatic heterocycles. The van der Waals surface area contributed by atoms with Crippen molar-refractivity contribution in [2.24, 2.45) is 7.05 Å². The number of carboxylic acid groups (broad SMARTS) is 1. The molecule has 3 aromatic rings. The van der Waals surface area contributed by atoms with E-state index in [1.54, 1.807) is 0 Å². The average molecular weight is 343 g/mol. The normalized spacial score (nSPS) is 11.0. The lowest BCUT2D eigenvalue weighted by molar-refractivity contribution is -0.133. The van der Waals surface area contributed by atoms with Crippen molar-refractivity contribution in [2.45, 2.75) is 19.0 Å². The smallest absolute Gasteiger partial charge is 0.313 e. The van der Waals surface area contributed by atoms with E-state index in [0.717, 1.165) is 39.7 Å². The molecule has 0 aliphatic rings. The number of hydrogen-bond donors (Lipinski definition) is 2. The van der Waals surface area contributed by atoms with Crippen molar-refractivity contribution < 1.29 is 9.90 Å². The number of carbonyl (C=O) groups is 1. The van der Waals surface area contributed by atoms with Crippen LogP contribution in [0.3, 0.4) is 0 Å². The molecule has 0 radical (unpaired) electrons. The lowest BCUT2D eigenvalue weighted by Crippen LogP contribution is -1.97. The molecule has 0 aliphatic heterocycles. The first-order valence-electron chi connectivity index (χ1n) is 7.32. The Kier molecular flexibility index (Phi) is 4.39. The van der Waals surface area contributed by atoms with E-state index >= 15 is 0 Å². The van der Waals surface area contributed by atoms with Crippen molar-refractivity contribution in [3.05, 3.63) is 35.7 Å². The van der Waals surface area contributed by atoms with Gasteiger partial charge in [0.05, 0.1) is 11.9 Å². The summed E-state index contributed by atoms with van der Waals surface area (Å²) in [5, 5.41) is 20.4. The quantitative estimate of drug-likeness (QED) is 0.691. The summed E-state index contributed by atoms with van der Waals surface area (Å²) in [7, 11) is 1.91. The molecule has 0 aliphatic carbocycles. The van der Waals surface area contributed by atoms with Crippen molar-refractivity contribution >= 4 is 17.7 Å². The maximum absolute atomic E-state index is 10.6. The van der Waals surface area contributed by atoms with E-state index < -0.39 is 5.97 Å². The Balaban J connectivity index is 1.94. The van der Waals surface area contributed by atoms with Gasteiger partial charge < -0.3 is 5.11 Å². The number of aliphatic carboxylic acids is 1. The van der Waals surface area contributed by atoms with Crippen LogP contribution in [0.4, 0.5) is 0 Å². The Labute approximate surface area is 143 Å². The van der Waals surface area contributed by atoms with E-state index in [9.17, 15) is 4.79 Å². The molecule has 2 heterocycles. The number of nitrogens with zero attached hydrogens (tertiary/aromatic N) is 4. The van der Waals surface area contributed by atoms with Crippen LogP contribution in [-0.2, 0) is 11.8 Å². The van der Waals surface area contributed by atoms with Gasteiger partial charge in [0.2, 0.25) is 5.16 Å². The summed E-state index contributed by atoms with van der Waals surface area (Å²) >= 11 is 1.09. The summed E-state index contributed by atoms with van der Waals surface area (Å²) in [5.41, 5.74) is 5.22. The zero-order chi connectivity index (χ0) is 17.3. The van der Waals surface area contributed by atoms with Gasteiger partial charge in [-0.25, -0.2) is 4.98 Å². The number of aromatic nitrogens is 5. The first-order chi connectivity index (χ1) is 11.4. The van der Waals surface area contributed by atoms with Gasteiger partial charge in [-0.2, -0.15) is 5.10 Å². The summed E-state index contributed by atoms with van der Waals surface area (Å²) in [6, 6.07) is 6.15. The molecule has 0 saturated carbocycles. The summed E-state index contributed by atoms with van der Waals surface area (Å²) in [6.07, 6.45) is 1.85. The van der Waals surface area contributed by atoms with Crippen LogP contribution in [0.2, 0.25) is 0 Å². The van der Waals surface area contributed by atoms with Crippen molar-refractivity contribution in [1.29, 1.82) is 0 Å². The second kappa shape index (κ2) is 6.48. The van der Waals surface area contributed by atoms with Gasteiger partial charge in [0.15, 0.2) is 5.82 Å². The maximum atomic E-state index is 10.6. The molecule has 8 heteroatoms. The van der Waals surface area contributed by atoms with E-state index in [1.807, 2.05) is 43.9 Å². The number of nitrogens with one attached hydrogen (secondary N) is 1. The highest BCUT2D eigenvalue weighted by molar-refractivity contribution is 7.99. The Morgan fingerprint density at radius 3 is 2.71 bits per heavy atom. The number of thioether (sulfide) groups is 1. The standard InChI is InChI=1S/C16H17N5O2S/c1-9-4-11(13-7-17-21(3)10(13)2)6-12(5-9)15-18-16(20-19-15)24-8-14(22)23/h4-7H,8H2,1-3H3,(H,22,23)(H,18,19,20). The van der Waals surface area contributed by atoms with Crippen LogP contribution in [0.1, 0.15) is 11.3 Å². The van der Waals surface area contributed by atoms with Crippen LogP contribution in [0.25, 0.3) is 22.5 Å². The molecule has 0 saturated heterocycles. The lowest BCUT2D eigenvalue weighted by Gasteiger charge is -2.06. The fourth-order valence-corrected chi connectivity index (χ4v) is 2.94. The Morgan fingerprint density at radius 1 is 1.29 bits per heavy atom. The van der Waals surface area contributed by atoms with Crippen LogP contribution < -0.4 is 0 Å². The summed E-state index contributed by atoms with van der Waals surface area (Å²) in [5.74, 6) is -0.337. The van der Waals surface area contributed by atoms with Gasteiger partial charge in [0.25, 0.3) is 0 Å². The van der Waals surface area contributed by atoms with Crippen molar-refractivity contribution in [3.63, 3.8) is 0 Å². The third-order valence-corrected chi connectivity index (χ3v) is 4.52. The Bertz CT molecular complexity index is 900. The molecule has 124 valence electrons. The summed E-state index contributed by atoms with van der Waals surface area (Å²) in [6.45, 7) is 4.05. The van der Waals surface area contributed by atoms with Crippen LogP contribution >= 0.6 is 11.8 Å². The monoisotopic (exact) mass is 343 g/mol. The van der Waals surface area contributed by atoms with Gasteiger partial charge in [0.1, 0.15) is 0 Å². The highest BCUT2D eigenvalue weighted by atomic mass is 32.2. The van der Waals surface area contributed by atoms with Crippen LogP contribution in [0, 0.1) is 13.8 Å². The molecule has 2 N–H and O–H groups in total. The highest BCUT2D eigenvalue weighted by Gasteiger charge is 2.12. The zero-order valence-electron chi connectivity index (χ0n) is 13.6. The summed E-state index contributed by atoms with van der Waals surface area (Å²) in [4.78, 5) is 15.0. The molecule has 1 aromatic carbocycles. The molecule has 7 nitrogen and oxygen atoms in total. The largest absolute Gasteiger partial charge is 0.481 e. The third kappa shape index (κ3) is 3.33. The molecule has 0 spiro atoms. The van der Waals surface area contributed by atoms with E-state index in [2.05, 4.69) is 26.3 Å². The van der Waals surface area contributed by atoms with Crippen LogP contribution in [-0.4, -0.2) is 41.8 Å². The van der Waals surface area contributed by atoms with Gasteiger partial charge in [-0.15, -0.1) is 5.10 Å². The Hall–Kier alpha value is -2.61. The van der Waals surface area contributed by atoms with E-state index in [-0.39, 0.29) is 5.75 Å².